The Bertz CT molecular complexity index is 870. The van der Waals surface area contributed by atoms with Crippen molar-refractivity contribution < 1.29 is 22.8 Å². The fourth-order valence-electron chi connectivity index (χ4n) is 5.91. The van der Waals surface area contributed by atoms with Gasteiger partial charge in [-0.25, -0.2) is 13.2 Å². The molecule has 0 spiro atoms. The van der Waals surface area contributed by atoms with Gasteiger partial charge in [-0.1, -0.05) is 11.6 Å². The van der Waals surface area contributed by atoms with E-state index < -0.39 is 34.5 Å². The van der Waals surface area contributed by atoms with Gasteiger partial charge in [0.1, 0.15) is 17.3 Å². The summed E-state index contributed by atoms with van der Waals surface area (Å²) in [5.41, 5.74) is -2.54. The van der Waals surface area contributed by atoms with Crippen molar-refractivity contribution in [1.82, 2.24) is 10.6 Å². The molecule has 30 heavy (non-hydrogen) atoms. The van der Waals surface area contributed by atoms with E-state index in [9.17, 15) is 22.8 Å². The second-order valence-electron chi connectivity index (χ2n) is 9.30. The van der Waals surface area contributed by atoms with E-state index in [4.69, 9.17) is 11.6 Å². The lowest BCUT2D eigenvalue weighted by atomic mass is 9.69. The Labute approximate surface area is 178 Å². The molecule has 0 unspecified atom stereocenters. The van der Waals surface area contributed by atoms with Crippen LogP contribution in [0.5, 0.6) is 0 Å². The number of hydrogen-bond donors (Lipinski definition) is 2. The maximum Gasteiger partial charge on any atom is 0.228 e. The number of nitrogens with one attached hydrogen (secondary N) is 2. The number of hydrogen-bond acceptors (Lipinski definition) is 2. The number of carbonyl (C=O) groups is 2. The van der Waals surface area contributed by atoms with Crippen molar-refractivity contribution in [1.29, 1.82) is 0 Å². The minimum atomic E-state index is -1.37. The Hall–Kier alpha value is -1.76. The van der Waals surface area contributed by atoms with Gasteiger partial charge in [0.15, 0.2) is 0 Å². The Morgan fingerprint density at radius 2 is 1.73 bits per heavy atom. The van der Waals surface area contributed by atoms with E-state index in [-0.39, 0.29) is 35.0 Å². The van der Waals surface area contributed by atoms with Crippen LogP contribution in [0.2, 0.25) is 5.02 Å². The lowest BCUT2D eigenvalue weighted by Gasteiger charge is -2.36. The van der Waals surface area contributed by atoms with Gasteiger partial charge in [-0.3, -0.25) is 9.59 Å². The molecule has 2 amide bonds. The average Bonchev–Trinajstić information content (AvgIpc) is 3.34. The quantitative estimate of drug-likeness (QED) is 0.657. The van der Waals surface area contributed by atoms with Crippen LogP contribution in [0.4, 0.5) is 13.2 Å². The summed E-state index contributed by atoms with van der Waals surface area (Å²) >= 11 is 5.92. The Kier molecular flexibility index (Phi) is 5.54. The summed E-state index contributed by atoms with van der Waals surface area (Å²) in [6.07, 6.45) is 3.47. The molecule has 4 rings (SSSR count). The Morgan fingerprint density at radius 1 is 1.10 bits per heavy atom. The Balaban J connectivity index is 1.63. The fraction of sp³-hybridized carbons (Fsp3) is 0.636. The van der Waals surface area contributed by atoms with Crippen LogP contribution in [-0.2, 0) is 9.59 Å². The molecule has 1 aromatic rings. The highest BCUT2D eigenvalue weighted by atomic mass is 35.5. The largest absolute Gasteiger partial charge is 0.354 e. The van der Waals surface area contributed by atoms with Crippen LogP contribution in [0.1, 0.15) is 69.8 Å². The second kappa shape index (κ2) is 7.74. The zero-order valence-electron chi connectivity index (χ0n) is 16.9. The van der Waals surface area contributed by atoms with Crippen molar-refractivity contribution >= 4 is 23.4 Å². The molecule has 2 N–H and O–H groups in total. The SMILES string of the molecule is CC(=O)N[C@H]1CC[C@H](NC(=O)[C@H](c2c(F)ccc(Cl)c2F)C23CCC(F)(CC2)C3)C1. The first-order valence-corrected chi connectivity index (χ1v) is 10.9. The monoisotopic (exact) mass is 442 g/mol. The fourth-order valence-corrected chi connectivity index (χ4v) is 6.07. The number of benzene rings is 1. The van der Waals surface area contributed by atoms with Crippen molar-refractivity contribution in [2.75, 3.05) is 0 Å². The topological polar surface area (TPSA) is 58.2 Å². The van der Waals surface area contributed by atoms with Crippen molar-refractivity contribution in [3.8, 4) is 0 Å². The molecule has 4 nitrogen and oxygen atoms in total. The molecule has 164 valence electrons. The van der Waals surface area contributed by atoms with E-state index in [2.05, 4.69) is 10.6 Å². The minimum absolute atomic E-state index is 0.0412. The predicted molar refractivity (Wildman–Crippen MR) is 107 cm³/mol. The number of fused-ring (bicyclic) bond motifs is 2. The molecule has 0 heterocycles. The first kappa shape index (κ1) is 21.5. The third-order valence-corrected chi connectivity index (χ3v) is 7.53. The molecule has 3 atom stereocenters. The molecule has 3 aliphatic rings. The first-order valence-electron chi connectivity index (χ1n) is 10.5. The van der Waals surface area contributed by atoms with Gasteiger partial charge in [0.05, 0.1) is 10.9 Å². The summed E-state index contributed by atoms with van der Waals surface area (Å²) < 4.78 is 44.7. The van der Waals surface area contributed by atoms with E-state index in [0.29, 0.717) is 44.9 Å². The van der Waals surface area contributed by atoms with Crippen molar-refractivity contribution in [2.24, 2.45) is 5.41 Å². The first-order chi connectivity index (χ1) is 14.1. The highest BCUT2D eigenvalue weighted by molar-refractivity contribution is 6.30. The van der Waals surface area contributed by atoms with Crippen LogP contribution in [0.3, 0.4) is 0 Å². The second-order valence-corrected chi connectivity index (χ2v) is 9.70. The van der Waals surface area contributed by atoms with Crippen molar-refractivity contribution in [3.05, 3.63) is 34.4 Å². The third kappa shape index (κ3) is 3.81. The van der Waals surface area contributed by atoms with Gasteiger partial charge in [0.25, 0.3) is 0 Å². The third-order valence-electron chi connectivity index (χ3n) is 7.24. The van der Waals surface area contributed by atoms with Gasteiger partial charge in [0, 0.05) is 24.6 Å². The van der Waals surface area contributed by atoms with Gasteiger partial charge in [-0.05, 0) is 68.9 Å². The van der Waals surface area contributed by atoms with E-state index in [1.165, 1.54) is 6.92 Å². The maximum absolute atomic E-state index is 15.0. The predicted octanol–water partition coefficient (Wildman–Crippen LogP) is 4.55. The lowest BCUT2D eigenvalue weighted by Crippen LogP contribution is -2.44. The highest BCUT2D eigenvalue weighted by Crippen LogP contribution is 2.64. The lowest BCUT2D eigenvalue weighted by molar-refractivity contribution is -0.126. The van der Waals surface area contributed by atoms with Gasteiger partial charge in [0.2, 0.25) is 11.8 Å². The molecule has 0 aromatic heterocycles. The molecular formula is C22H26ClF3N2O2. The maximum atomic E-state index is 15.0. The number of rotatable bonds is 5. The van der Waals surface area contributed by atoms with Crippen LogP contribution >= 0.6 is 11.6 Å². The van der Waals surface area contributed by atoms with E-state index >= 15 is 0 Å². The molecule has 3 saturated carbocycles. The number of alkyl halides is 1. The zero-order valence-corrected chi connectivity index (χ0v) is 17.6. The Morgan fingerprint density at radius 3 is 2.30 bits per heavy atom. The molecule has 0 saturated heterocycles. The summed E-state index contributed by atoms with van der Waals surface area (Å²) in [5.74, 6) is -3.55. The van der Waals surface area contributed by atoms with Crippen LogP contribution in [-0.4, -0.2) is 29.6 Å². The van der Waals surface area contributed by atoms with Crippen LogP contribution in [0.15, 0.2) is 12.1 Å². The average molecular weight is 443 g/mol. The normalized spacial score (nSPS) is 33.5. The van der Waals surface area contributed by atoms with Crippen molar-refractivity contribution in [2.45, 2.75) is 82.0 Å². The van der Waals surface area contributed by atoms with Crippen molar-refractivity contribution in [3.63, 3.8) is 0 Å². The van der Waals surface area contributed by atoms with E-state index in [0.717, 1.165) is 12.1 Å². The molecular weight excluding hydrogens is 417 g/mol. The van der Waals surface area contributed by atoms with Gasteiger partial charge in [-0.2, -0.15) is 0 Å². The minimum Gasteiger partial charge on any atom is -0.354 e. The smallest absolute Gasteiger partial charge is 0.228 e. The summed E-state index contributed by atoms with van der Waals surface area (Å²) in [6.45, 7) is 1.44. The van der Waals surface area contributed by atoms with E-state index in [1.807, 2.05) is 0 Å². The standard InChI is InChI=1S/C22H26ClF3N2O2/c1-12(29)27-13-2-3-14(10-13)28-20(30)18(17-16(24)5-4-15(23)19(17)25)21-6-8-22(26,11-21)9-7-21/h4-5,13-14,18H,2-3,6-11H2,1H3,(H,27,29)(H,28,30)/t13-,14-,18-,21?,22?/m0/s1. The van der Waals surface area contributed by atoms with Crippen LogP contribution in [0, 0.1) is 17.0 Å². The van der Waals surface area contributed by atoms with Crippen LogP contribution < -0.4 is 10.6 Å². The number of carbonyl (C=O) groups excluding carboxylic acids is 2. The summed E-state index contributed by atoms with van der Waals surface area (Å²) in [6, 6.07) is 1.93. The molecule has 3 aliphatic carbocycles. The molecule has 0 aliphatic heterocycles. The van der Waals surface area contributed by atoms with E-state index in [1.54, 1.807) is 0 Å². The zero-order chi connectivity index (χ0) is 21.7. The van der Waals surface area contributed by atoms with Crippen LogP contribution in [0.25, 0.3) is 0 Å². The van der Waals surface area contributed by atoms with Gasteiger partial charge in [-0.15, -0.1) is 0 Å². The molecule has 1 aromatic carbocycles. The molecule has 3 fully saturated rings. The van der Waals surface area contributed by atoms with Gasteiger partial charge < -0.3 is 10.6 Å². The highest BCUT2D eigenvalue weighted by Gasteiger charge is 2.61. The summed E-state index contributed by atoms with van der Waals surface area (Å²) in [5, 5.41) is 5.52. The molecule has 8 heteroatoms. The number of amides is 2. The molecule has 2 bridgehead atoms. The molecule has 0 radical (unpaired) electrons. The van der Waals surface area contributed by atoms with Gasteiger partial charge >= 0.3 is 0 Å². The summed E-state index contributed by atoms with van der Waals surface area (Å²) in [4.78, 5) is 24.7. The number of halogens is 4. The summed E-state index contributed by atoms with van der Waals surface area (Å²) in [7, 11) is 0.